The maximum Gasteiger partial charge on any atom is 0.147 e. The zero-order chi connectivity index (χ0) is 13.3. The van der Waals surface area contributed by atoms with Gasteiger partial charge in [0.25, 0.3) is 0 Å². The fourth-order valence-electron chi connectivity index (χ4n) is 1.96. The molecule has 0 aliphatic heterocycles. The molecule has 0 radical (unpaired) electrons. The number of ether oxygens (including phenoxy) is 2. The minimum Gasteiger partial charge on any atom is -0.494 e. The van der Waals surface area contributed by atoms with Gasteiger partial charge < -0.3 is 15.2 Å². The Kier molecular flexibility index (Phi) is 3.59. The smallest absolute Gasteiger partial charge is 0.147 e. The highest BCUT2D eigenvalue weighted by Gasteiger charge is 2.15. The van der Waals surface area contributed by atoms with E-state index in [9.17, 15) is 0 Å². The van der Waals surface area contributed by atoms with Crippen LogP contribution in [0.3, 0.4) is 0 Å². The van der Waals surface area contributed by atoms with E-state index in [-0.39, 0.29) is 0 Å². The summed E-state index contributed by atoms with van der Waals surface area (Å²) >= 11 is 6.16. The molecule has 2 rings (SSSR count). The number of methoxy groups -OCH3 is 2. The minimum atomic E-state index is 0.385. The third kappa shape index (κ3) is 1.98. The van der Waals surface area contributed by atoms with Crippen LogP contribution in [0.25, 0.3) is 10.9 Å². The van der Waals surface area contributed by atoms with Crippen molar-refractivity contribution in [1.82, 2.24) is 4.98 Å². The van der Waals surface area contributed by atoms with Crippen molar-refractivity contribution in [3.63, 3.8) is 0 Å². The van der Waals surface area contributed by atoms with Crippen LogP contribution in [0.15, 0.2) is 12.1 Å². The summed E-state index contributed by atoms with van der Waals surface area (Å²) in [6.45, 7) is 2.34. The summed E-state index contributed by atoms with van der Waals surface area (Å²) in [6, 6.07) is 3.67. The number of aryl methyl sites for hydroxylation is 1. The Hall–Kier alpha value is -1.52. The van der Waals surface area contributed by atoms with Crippen LogP contribution in [0.5, 0.6) is 11.5 Å². The lowest BCUT2D eigenvalue weighted by Crippen LogP contribution is -2.04. The number of pyridine rings is 1. The molecule has 2 N–H and O–H groups in total. The Labute approximate surface area is 111 Å². The molecule has 18 heavy (non-hydrogen) atoms. The van der Waals surface area contributed by atoms with Gasteiger partial charge in [-0.3, -0.25) is 0 Å². The predicted octanol–water partition coefficient (Wildman–Crippen LogP) is 2.67. The van der Waals surface area contributed by atoms with Crippen LogP contribution in [0.1, 0.15) is 11.3 Å². The molecule has 4 nitrogen and oxygen atoms in total. The van der Waals surface area contributed by atoms with E-state index in [2.05, 4.69) is 4.98 Å². The summed E-state index contributed by atoms with van der Waals surface area (Å²) < 4.78 is 10.6. The summed E-state index contributed by atoms with van der Waals surface area (Å²) in [5.41, 5.74) is 8.23. The molecule has 0 aliphatic rings. The number of hydrogen-bond acceptors (Lipinski definition) is 4. The van der Waals surface area contributed by atoms with Gasteiger partial charge in [-0.15, -0.1) is 0 Å². The Balaban J connectivity index is 2.88. The zero-order valence-electron chi connectivity index (χ0n) is 10.6. The van der Waals surface area contributed by atoms with Crippen molar-refractivity contribution < 1.29 is 9.47 Å². The summed E-state index contributed by atoms with van der Waals surface area (Å²) in [4.78, 5) is 4.53. The van der Waals surface area contributed by atoms with Crippen LogP contribution in [0, 0.1) is 6.92 Å². The van der Waals surface area contributed by atoms with Crippen LogP contribution in [0.4, 0.5) is 0 Å². The lowest BCUT2D eigenvalue weighted by Gasteiger charge is -2.13. The van der Waals surface area contributed by atoms with Gasteiger partial charge in [-0.1, -0.05) is 11.6 Å². The summed E-state index contributed by atoms with van der Waals surface area (Å²) in [7, 11) is 3.17. The average Bonchev–Trinajstić information content (AvgIpc) is 2.37. The molecule has 0 atom stereocenters. The van der Waals surface area contributed by atoms with E-state index in [0.29, 0.717) is 28.6 Å². The summed E-state index contributed by atoms with van der Waals surface area (Å²) in [5.74, 6) is 1.22. The number of nitrogens with zero attached hydrogens (tertiary/aromatic N) is 1. The van der Waals surface area contributed by atoms with E-state index < -0.39 is 0 Å². The maximum atomic E-state index is 6.16. The first kappa shape index (κ1) is 12.9. The van der Waals surface area contributed by atoms with E-state index in [1.54, 1.807) is 20.3 Å². The van der Waals surface area contributed by atoms with E-state index >= 15 is 0 Å². The van der Waals surface area contributed by atoms with Crippen molar-refractivity contribution in [3.8, 4) is 11.5 Å². The Morgan fingerprint density at radius 1 is 1.28 bits per heavy atom. The first-order valence-electron chi connectivity index (χ1n) is 5.53. The van der Waals surface area contributed by atoms with E-state index in [4.69, 9.17) is 26.8 Å². The third-order valence-electron chi connectivity index (χ3n) is 2.89. The predicted molar refractivity (Wildman–Crippen MR) is 72.5 cm³/mol. The Morgan fingerprint density at radius 3 is 2.56 bits per heavy atom. The highest BCUT2D eigenvalue weighted by molar-refractivity contribution is 6.33. The molecule has 0 amide bonds. The molecule has 0 fully saturated rings. The molecule has 0 unspecified atom stereocenters. The number of benzene rings is 1. The van der Waals surface area contributed by atoms with Crippen LogP contribution in [-0.4, -0.2) is 19.2 Å². The molecule has 1 heterocycles. The number of hydrogen-bond donors (Lipinski definition) is 1. The molecular formula is C13H15ClN2O2. The van der Waals surface area contributed by atoms with E-state index in [1.807, 2.05) is 13.0 Å². The number of nitrogens with two attached hydrogens (primary N) is 1. The molecule has 0 saturated carbocycles. The second kappa shape index (κ2) is 5.00. The van der Waals surface area contributed by atoms with Crippen molar-refractivity contribution in [2.45, 2.75) is 13.5 Å². The maximum absolute atomic E-state index is 6.16. The second-order valence-electron chi connectivity index (χ2n) is 3.95. The first-order chi connectivity index (χ1) is 8.62. The van der Waals surface area contributed by atoms with Crippen LogP contribution >= 0.6 is 11.6 Å². The first-order valence-corrected chi connectivity index (χ1v) is 5.91. The fourth-order valence-corrected chi connectivity index (χ4v) is 2.24. The summed E-state index contributed by atoms with van der Waals surface area (Å²) in [6.07, 6.45) is 0. The Bertz CT molecular complexity index is 599. The van der Waals surface area contributed by atoms with Gasteiger partial charge in [-0.2, -0.15) is 0 Å². The van der Waals surface area contributed by atoms with Crippen molar-refractivity contribution in [1.29, 1.82) is 0 Å². The van der Waals surface area contributed by atoms with Crippen molar-refractivity contribution >= 4 is 22.5 Å². The van der Waals surface area contributed by atoms with Gasteiger partial charge in [0.05, 0.1) is 24.9 Å². The highest BCUT2D eigenvalue weighted by Crippen LogP contribution is 2.39. The molecule has 0 spiro atoms. The molecule has 1 aromatic carbocycles. The van der Waals surface area contributed by atoms with Gasteiger partial charge in [0.2, 0.25) is 0 Å². The highest BCUT2D eigenvalue weighted by atomic mass is 35.5. The van der Waals surface area contributed by atoms with Gasteiger partial charge >= 0.3 is 0 Å². The van der Waals surface area contributed by atoms with Gasteiger partial charge in [0, 0.05) is 18.0 Å². The third-order valence-corrected chi connectivity index (χ3v) is 3.17. The lowest BCUT2D eigenvalue weighted by atomic mass is 10.1. The van der Waals surface area contributed by atoms with E-state index in [0.717, 1.165) is 16.6 Å². The Morgan fingerprint density at radius 2 is 2.00 bits per heavy atom. The lowest BCUT2D eigenvalue weighted by molar-refractivity contribution is 0.410. The van der Waals surface area contributed by atoms with E-state index in [1.165, 1.54) is 0 Å². The SMILES string of the molecule is COc1c(Cl)cc(OC)c2nc(CN)c(C)cc12. The molecule has 0 aliphatic carbocycles. The number of fused-ring (bicyclic) bond motifs is 1. The molecule has 2 aromatic rings. The molecule has 96 valence electrons. The standard InChI is InChI=1S/C13H15ClN2O2/c1-7-4-8-12(16-10(7)6-15)11(17-2)5-9(14)13(8)18-3/h4-5H,6,15H2,1-3H3. The van der Waals surface area contributed by atoms with Crippen molar-refractivity contribution in [2.75, 3.05) is 14.2 Å². The van der Waals surface area contributed by atoms with Crippen LogP contribution < -0.4 is 15.2 Å². The van der Waals surface area contributed by atoms with Crippen molar-refractivity contribution in [2.24, 2.45) is 5.73 Å². The summed E-state index contributed by atoms with van der Waals surface area (Å²) in [5, 5.41) is 1.33. The second-order valence-corrected chi connectivity index (χ2v) is 4.35. The topological polar surface area (TPSA) is 57.4 Å². The molecule has 1 aromatic heterocycles. The number of halogens is 1. The zero-order valence-corrected chi connectivity index (χ0v) is 11.3. The van der Waals surface area contributed by atoms with Gasteiger partial charge in [-0.25, -0.2) is 4.98 Å². The van der Waals surface area contributed by atoms with Crippen LogP contribution in [0.2, 0.25) is 5.02 Å². The molecule has 0 bridgehead atoms. The molecular weight excluding hydrogens is 252 g/mol. The molecule has 5 heteroatoms. The largest absolute Gasteiger partial charge is 0.494 e. The molecule has 0 saturated heterocycles. The van der Waals surface area contributed by atoms with Gasteiger partial charge in [-0.05, 0) is 18.6 Å². The quantitative estimate of drug-likeness (QED) is 0.928. The van der Waals surface area contributed by atoms with Gasteiger partial charge in [0.1, 0.15) is 17.0 Å². The van der Waals surface area contributed by atoms with Crippen LogP contribution in [-0.2, 0) is 6.54 Å². The number of rotatable bonds is 3. The fraction of sp³-hybridized carbons (Fsp3) is 0.308. The average molecular weight is 267 g/mol. The van der Waals surface area contributed by atoms with Crippen molar-refractivity contribution in [3.05, 3.63) is 28.4 Å². The minimum absolute atomic E-state index is 0.385. The normalized spacial score (nSPS) is 10.7. The monoisotopic (exact) mass is 266 g/mol. The number of aromatic nitrogens is 1. The van der Waals surface area contributed by atoms with Gasteiger partial charge in [0.15, 0.2) is 0 Å².